The summed E-state index contributed by atoms with van der Waals surface area (Å²) in [5.41, 5.74) is 4.21. The highest BCUT2D eigenvalue weighted by molar-refractivity contribution is 5.48. The first-order valence-electron chi connectivity index (χ1n) is 9.01. The summed E-state index contributed by atoms with van der Waals surface area (Å²) in [6.07, 6.45) is 7.52. The Bertz CT molecular complexity index is 634. The number of hydrogen-bond donors (Lipinski definition) is 2. The molecule has 2 aliphatic rings. The first-order valence-corrected chi connectivity index (χ1v) is 9.01. The van der Waals surface area contributed by atoms with Gasteiger partial charge in [-0.2, -0.15) is 5.10 Å². The van der Waals surface area contributed by atoms with Gasteiger partial charge in [0.25, 0.3) is 0 Å². The number of anilines is 1. The molecule has 2 N–H and O–H groups in total. The molecule has 1 atom stereocenters. The van der Waals surface area contributed by atoms with Crippen molar-refractivity contribution in [3.8, 4) is 0 Å². The zero-order chi connectivity index (χ0) is 15.5. The van der Waals surface area contributed by atoms with Crippen LogP contribution in [0.1, 0.15) is 55.0 Å². The summed E-state index contributed by atoms with van der Waals surface area (Å²) >= 11 is 0. The molecule has 0 aliphatic carbocycles. The molecule has 0 amide bonds. The van der Waals surface area contributed by atoms with Crippen molar-refractivity contribution in [2.75, 3.05) is 18.4 Å². The van der Waals surface area contributed by atoms with E-state index in [1.54, 1.807) is 0 Å². The Kier molecular flexibility index (Phi) is 4.33. The lowest BCUT2D eigenvalue weighted by Gasteiger charge is -2.35. The monoisotopic (exact) mass is 310 g/mol. The molecule has 4 nitrogen and oxygen atoms in total. The summed E-state index contributed by atoms with van der Waals surface area (Å²) in [4.78, 5) is 2.64. The summed E-state index contributed by atoms with van der Waals surface area (Å²) in [6, 6.07) is 11.3. The number of nitrogens with one attached hydrogen (secondary N) is 2. The van der Waals surface area contributed by atoms with Crippen molar-refractivity contribution < 1.29 is 0 Å². The number of hydrogen-bond acceptors (Lipinski definition) is 3. The van der Waals surface area contributed by atoms with Crippen LogP contribution in [0.5, 0.6) is 0 Å². The second kappa shape index (κ2) is 6.75. The molecule has 4 rings (SSSR count). The lowest BCUT2D eigenvalue weighted by Crippen LogP contribution is -2.33. The van der Waals surface area contributed by atoms with Crippen LogP contribution in [0.2, 0.25) is 0 Å². The molecule has 4 heteroatoms. The average molecular weight is 310 g/mol. The van der Waals surface area contributed by atoms with Crippen molar-refractivity contribution in [2.45, 2.75) is 51.1 Å². The number of nitrogens with zero attached hydrogens (tertiary/aromatic N) is 2. The van der Waals surface area contributed by atoms with Crippen LogP contribution in [0, 0.1) is 0 Å². The van der Waals surface area contributed by atoms with E-state index in [0.717, 1.165) is 25.3 Å². The van der Waals surface area contributed by atoms with Gasteiger partial charge in [-0.15, -0.1) is 0 Å². The van der Waals surface area contributed by atoms with Gasteiger partial charge in [0, 0.05) is 18.7 Å². The summed E-state index contributed by atoms with van der Waals surface area (Å²) in [5, 5.41) is 11.4. The first-order chi connectivity index (χ1) is 11.4. The second-order valence-electron chi connectivity index (χ2n) is 6.82. The third-order valence-corrected chi connectivity index (χ3v) is 5.22. The van der Waals surface area contributed by atoms with Crippen LogP contribution < -0.4 is 5.32 Å². The summed E-state index contributed by atoms with van der Waals surface area (Å²) < 4.78 is 0. The number of aromatic nitrogens is 2. The lowest BCUT2D eigenvalue weighted by molar-refractivity contribution is 0.136. The molecule has 0 bridgehead atoms. The van der Waals surface area contributed by atoms with Crippen molar-refractivity contribution in [1.82, 2.24) is 15.1 Å². The van der Waals surface area contributed by atoms with E-state index < -0.39 is 0 Å². The predicted octanol–water partition coefficient (Wildman–Crippen LogP) is 3.89. The molecule has 122 valence electrons. The molecule has 23 heavy (non-hydrogen) atoms. The normalized spacial score (nSPS) is 22.2. The Balaban J connectivity index is 1.59. The smallest absolute Gasteiger partial charge is 0.151 e. The van der Waals surface area contributed by atoms with E-state index in [0.29, 0.717) is 6.04 Å². The SMILES string of the molecule is c1ccc(CN2CCCCC2c2[nH]nc3c2CCCCN3)cc1. The van der Waals surface area contributed by atoms with Crippen LogP contribution in [0.15, 0.2) is 30.3 Å². The van der Waals surface area contributed by atoms with Gasteiger partial charge < -0.3 is 5.32 Å². The van der Waals surface area contributed by atoms with E-state index >= 15 is 0 Å². The maximum Gasteiger partial charge on any atom is 0.151 e. The van der Waals surface area contributed by atoms with Crippen LogP contribution in [-0.4, -0.2) is 28.2 Å². The minimum atomic E-state index is 0.486. The van der Waals surface area contributed by atoms with Crippen molar-refractivity contribution >= 4 is 5.82 Å². The standard InChI is InChI=1S/C19H26N4/c1-2-8-15(9-3-1)14-23-13-7-5-11-17(23)18-16-10-4-6-12-20-19(16)22-21-18/h1-3,8-9,17H,4-7,10-14H2,(H2,20,21,22). The van der Waals surface area contributed by atoms with Gasteiger partial charge in [0.05, 0.1) is 11.7 Å². The van der Waals surface area contributed by atoms with Gasteiger partial charge in [-0.3, -0.25) is 10.00 Å². The minimum absolute atomic E-state index is 0.486. The fourth-order valence-corrected chi connectivity index (χ4v) is 4.01. The molecule has 1 aromatic heterocycles. The fraction of sp³-hybridized carbons (Fsp3) is 0.526. The number of piperidine rings is 1. The van der Waals surface area contributed by atoms with Crippen molar-refractivity contribution in [3.63, 3.8) is 0 Å². The summed E-state index contributed by atoms with van der Waals surface area (Å²) in [6.45, 7) is 3.27. The van der Waals surface area contributed by atoms with E-state index in [1.807, 2.05) is 0 Å². The van der Waals surface area contributed by atoms with E-state index in [9.17, 15) is 0 Å². The fourth-order valence-electron chi connectivity index (χ4n) is 4.01. The molecule has 2 aromatic rings. The van der Waals surface area contributed by atoms with E-state index in [2.05, 4.69) is 50.7 Å². The minimum Gasteiger partial charge on any atom is -0.368 e. The maximum absolute atomic E-state index is 4.57. The third kappa shape index (κ3) is 3.13. The van der Waals surface area contributed by atoms with Gasteiger partial charge in [-0.1, -0.05) is 36.8 Å². The average Bonchev–Trinajstić information content (AvgIpc) is 2.84. The Morgan fingerprint density at radius 3 is 2.91 bits per heavy atom. The van der Waals surface area contributed by atoms with Gasteiger partial charge in [0.15, 0.2) is 5.82 Å². The summed E-state index contributed by atoms with van der Waals surface area (Å²) in [5.74, 6) is 1.10. The Hall–Kier alpha value is -1.81. The lowest BCUT2D eigenvalue weighted by atomic mass is 9.94. The highest BCUT2D eigenvalue weighted by atomic mass is 15.2. The van der Waals surface area contributed by atoms with Gasteiger partial charge in [0.1, 0.15) is 0 Å². The second-order valence-corrected chi connectivity index (χ2v) is 6.82. The van der Waals surface area contributed by atoms with Crippen LogP contribution >= 0.6 is 0 Å². The van der Waals surface area contributed by atoms with Gasteiger partial charge in [-0.25, -0.2) is 0 Å². The van der Waals surface area contributed by atoms with Crippen LogP contribution in [0.4, 0.5) is 5.82 Å². The van der Waals surface area contributed by atoms with Gasteiger partial charge in [-0.05, 0) is 44.2 Å². The molecular formula is C19H26N4. The molecule has 0 spiro atoms. The Labute approximate surface area is 138 Å². The molecule has 0 radical (unpaired) electrons. The molecule has 1 aromatic carbocycles. The molecule has 1 saturated heterocycles. The van der Waals surface area contributed by atoms with Crippen LogP contribution in [0.3, 0.4) is 0 Å². The van der Waals surface area contributed by atoms with Gasteiger partial charge in [0.2, 0.25) is 0 Å². The molecular weight excluding hydrogens is 284 g/mol. The molecule has 1 fully saturated rings. The third-order valence-electron chi connectivity index (χ3n) is 5.22. The predicted molar refractivity (Wildman–Crippen MR) is 93.5 cm³/mol. The zero-order valence-electron chi connectivity index (χ0n) is 13.7. The zero-order valence-corrected chi connectivity index (χ0v) is 13.7. The number of fused-ring (bicyclic) bond motifs is 1. The Morgan fingerprint density at radius 2 is 2.00 bits per heavy atom. The molecule has 1 unspecified atom stereocenters. The van der Waals surface area contributed by atoms with Crippen molar-refractivity contribution in [3.05, 3.63) is 47.2 Å². The number of likely N-dealkylation sites (tertiary alicyclic amines) is 1. The topological polar surface area (TPSA) is 44.0 Å². The molecule has 3 heterocycles. The first kappa shape index (κ1) is 14.8. The van der Waals surface area contributed by atoms with E-state index in [1.165, 1.54) is 55.5 Å². The maximum atomic E-state index is 4.57. The van der Waals surface area contributed by atoms with E-state index in [4.69, 9.17) is 0 Å². The number of aromatic amines is 1. The highest BCUT2D eigenvalue weighted by Crippen LogP contribution is 2.36. The number of benzene rings is 1. The molecule has 0 saturated carbocycles. The van der Waals surface area contributed by atoms with Crippen molar-refractivity contribution in [2.24, 2.45) is 0 Å². The highest BCUT2D eigenvalue weighted by Gasteiger charge is 2.29. The van der Waals surface area contributed by atoms with Crippen LogP contribution in [0.25, 0.3) is 0 Å². The van der Waals surface area contributed by atoms with Gasteiger partial charge >= 0.3 is 0 Å². The number of H-pyrrole nitrogens is 1. The Morgan fingerprint density at radius 1 is 1.09 bits per heavy atom. The van der Waals surface area contributed by atoms with E-state index in [-0.39, 0.29) is 0 Å². The van der Waals surface area contributed by atoms with Crippen molar-refractivity contribution in [1.29, 1.82) is 0 Å². The number of rotatable bonds is 3. The largest absolute Gasteiger partial charge is 0.368 e. The van der Waals surface area contributed by atoms with Crippen LogP contribution in [-0.2, 0) is 13.0 Å². The summed E-state index contributed by atoms with van der Waals surface area (Å²) in [7, 11) is 0. The quantitative estimate of drug-likeness (QED) is 0.904. The molecule has 2 aliphatic heterocycles.